The third-order valence-corrected chi connectivity index (χ3v) is 6.45. The van der Waals surface area contributed by atoms with Crippen LogP contribution >= 0.6 is 0 Å². The van der Waals surface area contributed by atoms with E-state index in [1.165, 1.54) is 18.2 Å². The van der Waals surface area contributed by atoms with Crippen molar-refractivity contribution in [3.05, 3.63) is 76.5 Å². The van der Waals surface area contributed by atoms with Gasteiger partial charge in [-0.1, -0.05) is 18.2 Å². The van der Waals surface area contributed by atoms with Gasteiger partial charge in [0.15, 0.2) is 17.3 Å². The molecule has 1 fully saturated rings. The monoisotopic (exact) mass is 568 g/mol. The van der Waals surface area contributed by atoms with E-state index in [1.807, 2.05) is 0 Å². The first-order valence-electron chi connectivity index (χ1n) is 12.2. The number of esters is 1. The van der Waals surface area contributed by atoms with E-state index in [-0.39, 0.29) is 22.5 Å². The van der Waals surface area contributed by atoms with Crippen molar-refractivity contribution in [2.24, 2.45) is 0 Å². The molecule has 3 aromatic carbocycles. The lowest BCUT2D eigenvalue weighted by molar-refractivity contribution is -0.277. The van der Waals surface area contributed by atoms with Crippen LogP contribution in [0.2, 0.25) is 0 Å². The molecule has 13 heteroatoms. The van der Waals surface area contributed by atoms with Crippen molar-refractivity contribution in [3.8, 4) is 40.1 Å². The number of benzene rings is 3. The zero-order chi connectivity index (χ0) is 29.4. The SMILES string of the molecule is O=C(OC[C@@H]1O[C@H](Oc2c(-c3ccc(O)c(O)c3)oc3cc(O)cc(O)c3c2=O)[C@@H](O)[C@H](O)[C@H]1O)c1ccccc1. The summed E-state index contributed by atoms with van der Waals surface area (Å²) in [5, 5.41) is 71.1. The summed E-state index contributed by atoms with van der Waals surface area (Å²) in [5.74, 6) is -3.92. The number of carbonyl (C=O) groups excluding carboxylic acids is 1. The summed E-state index contributed by atoms with van der Waals surface area (Å²) in [5.41, 5.74) is -1.05. The summed E-state index contributed by atoms with van der Waals surface area (Å²) < 4.78 is 22.2. The highest BCUT2D eigenvalue weighted by Crippen LogP contribution is 2.39. The van der Waals surface area contributed by atoms with Crippen LogP contribution in [0.3, 0.4) is 0 Å². The number of fused-ring (bicyclic) bond motifs is 1. The highest BCUT2D eigenvalue weighted by atomic mass is 16.7. The molecule has 5 rings (SSSR count). The maximum Gasteiger partial charge on any atom is 0.338 e. The summed E-state index contributed by atoms with van der Waals surface area (Å²) in [6.07, 6.45) is -8.76. The number of hydrogen-bond donors (Lipinski definition) is 7. The lowest BCUT2D eigenvalue weighted by atomic mass is 9.99. The van der Waals surface area contributed by atoms with Crippen LogP contribution in [0.4, 0.5) is 0 Å². The summed E-state index contributed by atoms with van der Waals surface area (Å²) in [7, 11) is 0. The number of hydrogen-bond acceptors (Lipinski definition) is 13. The number of rotatable bonds is 6. The molecule has 41 heavy (non-hydrogen) atoms. The minimum absolute atomic E-state index is 0.00337. The molecular weight excluding hydrogens is 544 g/mol. The minimum atomic E-state index is -1.92. The molecule has 214 valence electrons. The lowest BCUT2D eigenvalue weighted by Gasteiger charge is -2.39. The summed E-state index contributed by atoms with van der Waals surface area (Å²) in [6.45, 7) is -0.566. The van der Waals surface area contributed by atoms with Crippen LogP contribution in [-0.2, 0) is 9.47 Å². The molecule has 0 bridgehead atoms. The smallest absolute Gasteiger partial charge is 0.338 e. The predicted molar refractivity (Wildman–Crippen MR) is 139 cm³/mol. The maximum atomic E-state index is 13.5. The molecule has 13 nitrogen and oxygen atoms in total. The zero-order valence-electron chi connectivity index (χ0n) is 20.9. The van der Waals surface area contributed by atoms with Crippen LogP contribution < -0.4 is 10.2 Å². The van der Waals surface area contributed by atoms with Gasteiger partial charge in [-0.25, -0.2) is 4.79 Å². The molecule has 5 atom stereocenters. The van der Waals surface area contributed by atoms with Gasteiger partial charge in [-0.05, 0) is 30.3 Å². The van der Waals surface area contributed by atoms with E-state index in [0.29, 0.717) is 0 Å². The molecule has 0 amide bonds. The van der Waals surface area contributed by atoms with Gasteiger partial charge < -0.3 is 54.4 Å². The van der Waals surface area contributed by atoms with Crippen molar-refractivity contribution in [2.75, 3.05) is 6.61 Å². The first-order chi connectivity index (χ1) is 19.5. The number of carbonyl (C=O) groups is 1. The average Bonchev–Trinajstić information content (AvgIpc) is 2.95. The third-order valence-electron chi connectivity index (χ3n) is 6.45. The second kappa shape index (κ2) is 11.0. The minimum Gasteiger partial charge on any atom is -0.508 e. The van der Waals surface area contributed by atoms with Crippen molar-refractivity contribution in [1.29, 1.82) is 0 Å². The number of phenols is 4. The average molecular weight is 568 g/mol. The van der Waals surface area contributed by atoms with Crippen LogP contribution in [0.15, 0.2) is 69.9 Å². The normalized spacial score (nSPS) is 22.4. The van der Waals surface area contributed by atoms with Crippen molar-refractivity contribution in [1.82, 2.24) is 0 Å². The Hall–Kier alpha value is -4.82. The molecule has 1 saturated heterocycles. The summed E-state index contributed by atoms with van der Waals surface area (Å²) in [6, 6.07) is 13.3. The van der Waals surface area contributed by atoms with E-state index in [0.717, 1.165) is 24.3 Å². The Kier molecular flexibility index (Phi) is 7.43. The first kappa shape index (κ1) is 27.7. The van der Waals surface area contributed by atoms with E-state index < -0.39 is 82.8 Å². The van der Waals surface area contributed by atoms with Gasteiger partial charge in [-0.2, -0.15) is 0 Å². The van der Waals surface area contributed by atoms with Crippen molar-refractivity contribution < 1.29 is 59.2 Å². The van der Waals surface area contributed by atoms with Gasteiger partial charge in [0.25, 0.3) is 0 Å². The van der Waals surface area contributed by atoms with Gasteiger partial charge in [0, 0.05) is 17.7 Å². The fourth-order valence-corrected chi connectivity index (χ4v) is 4.31. The van der Waals surface area contributed by atoms with E-state index in [9.17, 15) is 45.3 Å². The molecule has 0 aliphatic carbocycles. The van der Waals surface area contributed by atoms with Crippen LogP contribution in [0.25, 0.3) is 22.3 Å². The molecule has 0 saturated carbocycles. The van der Waals surface area contributed by atoms with Crippen molar-refractivity contribution >= 4 is 16.9 Å². The highest BCUT2D eigenvalue weighted by Gasteiger charge is 2.46. The maximum absolute atomic E-state index is 13.5. The van der Waals surface area contributed by atoms with Crippen molar-refractivity contribution in [3.63, 3.8) is 0 Å². The second-order valence-corrected chi connectivity index (χ2v) is 9.23. The quantitative estimate of drug-likeness (QED) is 0.129. The molecule has 1 aliphatic heterocycles. The molecule has 0 spiro atoms. The number of aliphatic hydroxyl groups excluding tert-OH is 3. The van der Waals surface area contributed by atoms with Crippen LogP contribution in [0.1, 0.15) is 10.4 Å². The Morgan fingerprint density at radius 1 is 0.829 bits per heavy atom. The Labute approximate surface area is 230 Å². The fourth-order valence-electron chi connectivity index (χ4n) is 4.31. The van der Waals surface area contributed by atoms with E-state index in [4.69, 9.17) is 18.6 Å². The molecule has 1 aliphatic rings. The highest BCUT2D eigenvalue weighted by molar-refractivity contribution is 5.89. The van der Waals surface area contributed by atoms with E-state index in [1.54, 1.807) is 18.2 Å². The fraction of sp³-hybridized carbons (Fsp3) is 0.214. The van der Waals surface area contributed by atoms with Gasteiger partial charge in [-0.15, -0.1) is 0 Å². The van der Waals surface area contributed by atoms with Gasteiger partial charge >= 0.3 is 5.97 Å². The molecule has 1 aromatic heterocycles. The molecule has 0 radical (unpaired) electrons. The zero-order valence-corrected chi connectivity index (χ0v) is 20.9. The Morgan fingerprint density at radius 2 is 1.56 bits per heavy atom. The lowest BCUT2D eigenvalue weighted by Crippen LogP contribution is -2.60. The first-order valence-corrected chi connectivity index (χ1v) is 12.2. The topological polar surface area (TPSA) is 217 Å². The molecule has 2 heterocycles. The molecule has 4 aromatic rings. The standard InChI is InChI=1S/C28H24O13/c29-14-9-17(32)20-18(10-14)39-25(13-6-7-15(30)16(31)8-13)26(22(20)34)41-28-24(36)23(35)21(33)19(40-28)11-38-27(37)12-4-2-1-3-5-12/h1-10,19,21,23-24,28-33,35-36H,11H2/t19-,21-,23+,24-,28+/m0/s1. The Morgan fingerprint density at radius 3 is 2.27 bits per heavy atom. The Balaban J connectivity index is 1.51. The van der Waals surface area contributed by atoms with Crippen molar-refractivity contribution in [2.45, 2.75) is 30.7 Å². The molecular formula is C28H24O13. The van der Waals surface area contributed by atoms with Crippen LogP contribution in [-0.4, -0.2) is 79.0 Å². The number of ether oxygens (including phenoxy) is 3. The summed E-state index contributed by atoms with van der Waals surface area (Å²) >= 11 is 0. The largest absolute Gasteiger partial charge is 0.508 e. The Bertz CT molecular complexity index is 1650. The van der Waals surface area contributed by atoms with Gasteiger partial charge in [0.2, 0.25) is 17.5 Å². The molecule has 0 unspecified atom stereocenters. The van der Waals surface area contributed by atoms with E-state index >= 15 is 0 Å². The van der Waals surface area contributed by atoms with Gasteiger partial charge in [0.05, 0.1) is 5.56 Å². The van der Waals surface area contributed by atoms with Crippen LogP contribution in [0, 0.1) is 0 Å². The number of aromatic hydroxyl groups is 4. The van der Waals surface area contributed by atoms with Gasteiger partial charge in [0.1, 0.15) is 53.5 Å². The van der Waals surface area contributed by atoms with Gasteiger partial charge in [-0.3, -0.25) is 4.79 Å². The third kappa shape index (κ3) is 5.34. The number of aliphatic hydroxyl groups is 3. The number of phenolic OH excluding ortho intramolecular Hbond substituents is 4. The molecule has 7 N–H and O–H groups in total. The van der Waals surface area contributed by atoms with Crippen LogP contribution in [0.5, 0.6) is 28.7 Å². The second-order valence-electron chi connectivity index (χ2n) is 9.23. The van der Waals surface area contributed by atoms with E-state index in [2.05, 4.69) is 0 Å². The predicted octanol–water partition coefficient (Wildman–Crippen LogP) is 1.33. The summed E-state index contributed by atoms with van der Waals surface area (Å²) in [4.78, 5) is 25.9.